The van der Waals surface area contributed by atoms with E-state index < -0.39 is 18.2 Å². The molecule has 3 N–H and O–H groups in total. The topological polar surface area (TPSA) is 118 Å². The molecule has 0 heterocycles. The third-order valence-electron chi connectivity index (χ3n) is 5.75. The molecule has 0 aliphatic rings. The zero-order valence-electron chi connectivity index (χ0n) is 21.7. The van der Waals surface area contributed by atoms with Crippen LogP contribution in [0.2, 0.25) is 0 Å². The second-order valence-corrected chi connectivity index (χ2v) is 8.67. The minimum atomic E-state index is -1.58. The van der Waals surface area contributed by atoms with E-state index in [0.29, 0.717) is 6.42 Å². The van der Waals surface area contributed by atoms with E-state index in [-0.39, 0.29) is 60.1 Å². The molecule has 0 saturated carbocycles. The van der Waals surface area contributed by atoms with Crippen molar-refractivity contribution in [3.63, 3.8) is 0 Å². The normalized spacial score (nSPS) is 11.7. The zero-order valence-corrected chi connectivity index (χ0v) is 23.7. The molecule has 0 aromatic carbocycles. The molecule has 1 unspecified atom stereocenters. The van der Waals surface area contributed by atoms with Crippen LogP contribution >= 0.6 is 0 Å². The second-order valence-electron chi connectivity index (χ2n) is 8.67. The third-order valence-corrected chi connectivity index (χ3v) is 5.75. The smallest absolute Gasteiger partial charge is 0.416 e. The van der Waals surface area contributed by atoms with Crippen LogP contribution in [0.4, 0.5) is 9.59 Å². The molecule has 8 nitrogen and oxygen atoms in total. The van der Waals surface area contributed by atoms with Gasteiger partial charge in [-0.1, -0.05) is 70.4 Å². The van der Waals surface area contributed by atoms with Crippen LogP contribution < -0.4 is 0 Å². The number of carbonyl (C=O) groups excluding carboxylic acids is 1. The number of hydrogen-bond acceptors (Lipinski definition) is 4. The molecular formula is C25H46N2NaO6. The Bertz CT molecular complexity index is 560. The molecule has 0 bridgehead atoms. The zero-order chi connectivity index (χ0) is 24.9. The summed E-state index contributed by atoms with van der Waals surface area (Å²) < 4.78 is 0. The van der Waals surface area contributed by atoms with E-state index in [0.717, 1.165) is 38.5 Å². The number of carboxylic acid groups (broad SMARTS) is 2. The van der Waals surface area contributed by atoms with Gasteiger partial charge in [0.05, 0.1) is 13.2 Å². The number of aliphatic hydroxyl groups is 1. The maximum absolute atomic E-state index is 12.5. The van der Waals surface area contributed by atoms with Crippen molar-refractivity contribution in [1.82, 2.24) is 9.80 Å². The van der Waals surface area contributed by atoms with Gasteiger partial charge in [-0.25, -0.2) is 14.5 Å². The molecule has 1 radical (unpaired) electrons. The molecule has 9 heteroatoms. The summed E-state index contributed by atoms with van der Waals surface area (Å²) in [6.07, 6.45) is 16.9. The number of imide groups is 1. The van der Waals surface area contributed by atoms with Crippen LogP contribution in [-0.2, 0) is 4.79 Å². The van der Waals surface area contributed by atoms with Gasteiger partial charge in [0.2, 0.25) is 5.91 Å². The molecule has 193 valence electrons. The Morgan fingerprint density at radius 3 is 1.74 bits per heavy atom. The van der Waals surface area contributed by atoms with Gasteiger partial charge < -0.3 is 20.2 Å². The maximum Gasteiger partial charge on any atom is 0.416 e. The Kier molecular flexibility index (Phi) is 24.4. The molecular weight excluding hydrogens is 447 g/mol. The number of unbranched alkanes of at least 4 members (excludes halogenated alkanes) is 11. The minimum absolute atomic E-state index is 0. The van der Waals surface area contributed by atoms with Gasteiger partial charge >= 0.3 is 12.2 Å². The molecule has 0 fully saturated rings. The number of carbonyl (C=O) groups is 3. The van der Waals surface area contributed by atoms with Crippen molar-refractivity contribution in [2.75, 3.05) is 19.7 Å². The first-order valence-corrected chi connectivity index (χ1v) is 12.6. The summed E-state index contributed by atoms with van der Waals surface area (Å²) in [5, 5.41) is 27.2. The van der Waals surface area contributed by atoms with Gasteiger partial charge in [0.1, 0.15) is 0 Å². The van der Waals surface area contributed by atoms with Crippen molar-refractivity contribution in [2.45, 2.75) is 110 Å². The van der Waals surface area contributed by atoms with Crippen LogP contribution in [0.1, 0.15) is 104 Å². The molecule has 0 saturated heterocycles. The second kappa shape index (κ2) is 23.6. The van der Waals surface area contributed by atoms with Crippen molar-refractivity contribution < 1.29 is 29.7 Å². The number of rotatable bonds is 20. The standard InChI is InChI=1S/C25H46N2O6.Na/c1-3-4-5-6-7-8-9-10-11-12-13-14-15-16-17-18-23(29)26(19-20-28)22(2)21-27(24(30)31)25(32)33;/h10-11,22,28H,3-9,12-21H2,1-2H3,(H,30,31)(H,32,33);. The fourth-order valence-corrected chi connectivity index (χ4v) is 3.79. The summed E-state index contributed by atoms with van der Waals surface area (Å²) in [7, 11) is 0. The minimum Gasteiger partial charge on any atom is -0.465 e. The van der Waals surface area contributed by atoms with E-state index in [9.17, 15) is 19.5 Å². The Balaban J connectivity index is 0. The fraction of sp³-hybridized carbons (Fsp3) is 0.800. The van der Waals surface area contributed by atoms with E-state index in [2.05, 4.69) is 19.1 Å². The van der Waals surface area contributed by atoms with Crippen LogP contribution in [0, 0.1) is 0 Å². The van der Waals surface area contributed by atoms with Crippen molar-refractivity contribution in [2.24, 2.45) is 0 Å². The summed E-state index contributed by atoms with van der Waals surface area (Å²) in [5.74, 6) is -0.190. The molecule has 0 spiro atoms. The van der Waals surface area contributed by atoms with E-state index >= 15 is 0 Å². The first-order valence-electron chi connectivity index (χ1n) is 12.6. The number of allylic oxidation sites excluding steroid dienone is 2. The van der Waals surface area contributed by atoms with E-state index in [1.165, 1.54) is 49.8 Å². The molecule has 3 amide bonds. The fourth-order valence-electron chi connectivity index (χ4n) is 3.79. The predicted molar refractivity (Wildman–Crippen MR) is 136 cm³/mol. The number of aliphatic hydroxyl groups excluding tert-OH is 1. The van der Waals surface area contributed by atoms with Crippen LogP contribution in [0.5, 0.6) is 0 Å². The summed E-state index contributed by atoms with van der Waals surface area (Å²) >= 11 is 0. The van der Waals surface area contributed by atoms with Gasteiger partial charge in [-0.15, -0.1) is 0 Å². The summed E-state index contributed by atoms with van der Waals surface area (Å²) in [6.45, 7) is 3.27. The first kappa shape index (κ1) is 35.1. The van der Waals surface area contributed by atoms with Crippen molar-refractivity contribution >= 4 is 47.7 Å². The molecule has 0 aliphatic carbocycles. The first-order chi connectivity index (χ1) is 15.8. The van der Waals surface area contributed by atoms with Crippen LogP contribution in [-0.4, -0.2) is 98.5 Å². The van der Waals surface area contributed by atoms with E-state index in [1.807, 2.05) is 0 Å². The van der Waals surface area contributed by atoms with E-state index in [1.54, 1.807) is 6.92 Å². The van der Waals surface area contributed by atoms with Gasteiger partial charge in [-0.05, 0) is 39.0 Å². The van der Waals surface area contributed by atoms with Crippen molar-refractivity contribution in [3.8, 4) is 0 Å². The number of hydrogen-bond donors (Lipinski definition) is 3. The Labute approximate surface area is 228 Å². The maximum atomic E-state index is 12.5. The van der Waals surface area contributed by atoms with Gasteiger partial charge in [0.25, 0.3) is 0 Å². The van der Waals surface area contributed by atoms with E-state index in [4.69, 9.17) is 10.2 Å². The number of amides is 3. The number of nitrogens with zero attached hydrogens (tertiary/aromatic N) is 2. The van der Waals surface area contributed by atoms with Crippen LogP contribution in [0.15, 0.2) is 12.2 Å². The average Bonchev–Trinajstić information content (AvgIpc) is 2.77. The molecule has 34 heavy (non-hydrogen) atoms. The summed E-state index contributed by atoms with van der Waals surface area (Å²) in [5.41, 5.74) is 0. The van der Waals surface area contributed by atoms with Gasteiger partial charge in [-0.2, -0.15) is 0 Å². The van der Waals surface area contributed by atoms with Crippen molar-refractivity contribution in [3.05, 3.63) is 12.2 Å². The van der Waals surface area contributed by atoms with Gasteiger partial charge in [-0.3, -0.25) is 4.79 Å². The Morgan fingerprint density at radius 1 is 0.794 bits per heavy atom. The quantitative estimate of drug-likeness (QED) is 0.117. The van der Waals surface area contributed by atoms with Gasteiger partial charge in [0.15, 0.2) is 0 Å². The molecule has 0 aromatic heterocycles. The molecule has 0 aliphatic heterocycles. The summed E-state index contributed by atoms with van der Waals surface area (Å²) in [6, 6.07) is -0.639. The van der Waals surface area contributed by atoms with Crippen LogP contribution in [0.25, 0.3) is 0 Å². The average molecular weight is 494 g/mol. The largest absolute Gasteiger partial charge is 0.465 e. The molecule has 1 atom stereocenters. The van der Waals surface area contributed by atoms with Crippen molar-refractivity contribution in [1.29, 1.82) is 0 Å². The monoisotopic (exact) mass is 493 g/mol. The van der Waals surface area contributed by atoms with Crippen LogP contribution in [0.3, 0.4) is 0 Å². The Hall–Kier alpha value is -1.09. The Morgan fingerprint density at radius 2 is 1.26 bits per heavy atom. The summed E-state index contributed by atoms with van der Waals surface area (Å²) in [4.78, 5) is 36.2. The predicted octanol–water partition coefficient (Wildman–Crippen LogP) is 5.51. The third kappa shape index (κ3) is 18.3. The van der Waals surface area contributed by atoms with Gasteiger partial charge in [0, 0.05) is 48.6 Å². The SMILES string of the molecule is CCCCCCCCC=CCCCCCCCC(=O)N(CCO)C(C)CN(C(=O)O)C(=O)O.[Na]. The molecule has 0 rings (SSSR count). The molecule has 0 aromatic rings.